The van der Waals surface area contributed by atoms with E-state index in [1.807, 2.05) is 0 Å². The van der Waals surface area contributed by atoms with Crippen LogP contribution in [0.4, 0.5) is 0 Å². The summed E-state index contributed by atoms with van der Waals surface area (Å²) in [6, 6.07) is 0. The first-order valence-electron chi connectivity index (χ1n) is 18.8. The summed E-state index contributed by atoms with van der Waals surface area (Å²) in [7, 11) is 0. The van der Waals surface area contributed by atoms with E-state index in [1.165, 1.54) is 218 Å². The van der Waals surface area contributed by atoms with Crippen molar-refractivity contribution in [1.82, 2.24) is 0 Å². The minimum absolute atomic E-state index is 0.897. The van der Waals surface area contributed by atoms with Crippen molar-refractivity contribution >= 4 is 0 Å². The van der Waals surface area contributed by atoms with Crippen molar-refractivity contribution in [3.63, 3.8) is 0 Å². The molecule has 0 saturated heterocycles. The third-order valence-corrected chi connectivity index (χ3v) is 8.89. The number of hydrogen-bond donors (Lipinski definition) is 0. The van der Waals surface area contributed by atoms with Crippen molar-refractivity contribution in [3.05, 3.63) is 0 Å². The summed E-state index contributed by atoms with van der Waals surface area (Å²) in [6.45, 7) is 7.01. The van der Waals surface area contributed by atoms with Gasteiger partial charge in [-0.25, -0.2) is 0 Å². The minimum atomic E-state index is 0.897. The highest BCUT2D eigenvalue weighted by Crippen LogP contribution is 2.17. The van der Waals surface area contributed by atoms with Crippen LogP contribution in [0.15, 0.2) is 0 Å². The van der Waals surface area contributed by atoms with Crippen molar-refractivity contribution in [1.29, 1.82) is 0 Å². The highest BCUT2D eigenvalue weighted by atomic mass is 14.0. The lowest BCUT2D eigenvalue weighted by molar-refractivity contribution is 0.500. The van der Waals surface area contributed by atoms with Crippen LogP contribution in [-0.2, 0) is 0 Å². The Bertz CT molecular complexity index is 383. The molecular formula is C38H78. The van der Waals surface area contributed by atoms with Gasteiger partial charge in [0, 0.05) is 0 Å². The highest BCUT2D eigenvalue weighted by molar-refractivity contribution is 4.53. The van der Waals surface area contributed by atoms with Crippen LogP contribution < -0.4 is 0 Å². The minimum Gasteiger partial charge on any atom is -0.0654 e. The molecule has 0 heteroatoms. The Labute approximate surface area is 244 Å². The quantitative estimate of drug-likeness (QED) is 0.0720. The Morgan fingerprint density at radius 2 is 0.395 bits per heavy atom. The fourth-order valence-electron chi connectivity index (χ4n) is 6.11. The van der Waals surface area contributed by atoms with Gasteiger partial charge in [0.1, 0.15) is 0 Å². The fourth-order valence-corrected chi connectivity index (χ4v) is 6.11. The lowest BCUT2D eigenvalue weighted by atomic mass is 10.0. The molecule has 0 aliphatic carbocycles. The van der Waals surface area contributed by atoms with Crippen molar-refractivity contribution in [3.8, 4) is 0 Å². The van der Waals surface area contributed by atoms with Crippen molar-refractivity contribution in [2.45, 2.75) is 239 Å². The molecule has 38 heavy (non-hydrogen) atoms. The molecular weight excluding hydrogens is 456 g/mol. The third kappa shape index (κ3) is 36.0. The largest absolute Gasteiger partial charge is 0.0654 e. The van der Waals surface area contributed by atoms with E-state index in [4.69, 9.17) is 0 Å². The zero-order valence-electron chi connectivity index (χ0n) is 27.6. The maximum absolute atomic E-state index is 2.35. The average Bonchev–Trinajstić information content (AvgIpc) is 2.91. The van der Waals surface area contributed by atoms with Gasteiger partial charge in [-0.1, -0.05) is 239 Å². The van der Waals surface area contributed by atoms with E-state index in [0.29, 0.717) is 0 Å². The summed E-state index contributed by atoms with van der Waals surface area (Å²) >= 11 is 0. The van der Waals surface area contributed by atoms with Crippen LogP contribution in [0.3, 0.4) is 0 Å². The number of unbranched alkanes of at least 4 members (excludes halogenated alkanes) is 32. The van der Waals surface area contributed by atoms with Gasteiger partial charge in [-0.05, 0) is 5.92 Å². The van der Waals surface area contributed by atoms with Gasteiger partial charge in [0.15, 0.2) is 0 Å². The second-order valence-electron chi connectivity index (χ2n) is 13.5. The molecule has 0 atom stereocenters. The zero-order chi connectivity index (χ0) is 27.6. The Hall–Kier alpha value is 0. The van der Waals surface area contributed by atoms with Crippen LogP contribution in [0.1, 0.15) is 239 Å². The molecule has 0 aromatic rings. The lowest BCUT2D eigenvalue weighted by Gasteiger charge is -2.05. The molecule has 0 rings (SSSR count). The van der Waals surface area contributed by atoms with Crippen LogP contribution in [0, 0.1) is 5.92 Å². The van der Waals surface area contributed by atoms with Gasteiger partial charge in [0.2, 0.25) is 0 Å². The van der Waals surface area contributed by atoms with Gasteiger partial charge in [-0.2, -0.15) is 0 Å². The Balaban J connectivity index is 3.02. The topological polar surface area (TPSA) is 0 Å². The molecule has 0 unspecified atom stereocenters. The monoisotopic (exact) mass is 535 g/mol. The summed E-state index contributed by atoms with van der Waals surface area (Å²) in [6.07, 6.45) is 50.4. The number of hydrogen-bond acceptors (Lipinski definition) is 0. The average molecular weight is 535 g/mol. The molecule has 0 aliphatic rings. The van der Waals surface area contributed by atoms with Crippen LogP contribution >= 0.6 is 0 Å². The summed E-state index contributed by atoms with van der Waals surface area (Å²) in [5.41, 5.74) is 0. The maximum Gasteiger partial charge on any atom is -0.0471 e. The van der Waals surface area contributed by atoms with E-state index in [2.05, 4.69) is 20.8 Å². The smallest absolute Gasteiger partial charge is 0.0471 e. The zero-order valence-corrected chi connectivity index (χ0v) is 27.6. The standard InChI is InChI=1S/C38H78/c1-4-5-6-7-8-9-10-11-12-13-14-15-16-17-18-19-20-21-22-23-24-25-26-27-28-29-30-31-32-33-34-35-36-37-38(2)3/h38H,4-37H2,1-3H3. The Kier molecular flexibility index (Phi) is 35.0. The normalized spacial score (nSPS) is 11.7. The van der Waals surface area contributed by atoms with Gasteiger partial charge < -0.3 is 0 Å². The van der Waals surface area contributed by atoms with E-state index in [0.717, 1.165) is 5.92 Å². The fraction of sp³-hybridized carbons (Fsp3) is 1.00. The van der Waals surface area contributed by atoms with Gasteiger partial charge in [0.25, 0.3) is 0 Å². The molecule has 0 bridgehead atoms. The first kappa shape index (κ1) is 38.0. The number of rotatable bonds is 34. The van der Waals surface area contributed by atoms with Crippen LogP contribution in [-0.4, -0.2) is 0 Å². The van der Waals surface area contributed by atoms with Crippen molar-refractivity contribution in [2.24, 2.45) is 5.92 Å². The first-order chi connectivity index (χ1) is 18.8. The first-order valence-corrected chi connectivity index (χ1v) is 18.8. The Morgan fingerprint density at radius 1 is 0.237 bits per heavy atom. The van der Waals surface area contributed by atoms with Gasteiger partial charge in [-0.15, -0.1) is 0 Å². The van der Waals surface area contributed by atoms with Crippen molar-refractivity contribution in [2.75, 3.05) is 0 Å². The Morgan fingerprint density at radius 3 is 0.553 bits per heavy atom. The van der Waals surface area contributed by atoms with Crippen LogP contribution in [0.25, 0.3) is 0 Å². The summed E-state index contributed by atoms with van der Waals surface area (Å²) in [5, 5.41) is 0. The molecule has 0 saturated carbocycles. The molecule has 230 valence electrons. The molecule has 0 amide bonds. The van der Waals surface area contributed by atoms with E-state index >= 15 is 0 Å². The second-order valence-corrected chi connectivity index (χ2v) is 13.5. The van der Waals surface area contributed by atoms with Crippen LogP contribution in [0.2, 0.25) is 0 Å². The van der Waals surface area contributed by atoms with Gasteiger partial charge in [-0.3, -0.25) is 0 Å². The highest BCUT2D eigenvalue weighted by Gasteiger charge is 1.98. The lowest BCUT2D eigenvalue weighted by Crippen LogP contribution is -1.87. The van der Waals surface area contributed by atoms with E-state index < -0.39 is 0 Å². The molecule has 0 spiro atoms. The summed E-state index contributed by atoms with van der Waals surface area (Å²) < 4.78 is 0. The predicted octanol–water partition coefficient (Wildman–Crippen LogP) is 14.9. The molecule has 0 nitrogen and oxygen atoms in total. The van der Waals surface area contributed by atoms with Gasteiger partial charge in [0.05, 0.1) is 0 Å². The van der Waals surface area contributed by atoms with E-state index in [9.17, 15) is 0 Å². The summed E-state index contributed by atoms with van der Waals surface area (Å²) in [4.78, 5) is 0. The van der Waals surface area contributed by atoms with Gasteiger partial charge >= 0.3 is 0 Å². The molecule has 0 aromatic heterocycles. The second kappa shape index (κ2) is 35.0. The maximum atomic E-state index is 2.35. The summed E-state index contributed by atoms with van der Waals surface area (Å²) in [5.74, 6) is 0.897. The molecule has 0 fully saturated rings. The molecule has 0 aromatic carbocycles. The van der Waals surface area contributed by atoms with Crippen molar-refractivity contribution < 1.29 is 0 Å². The molecule has 0 N–H and O–H groups in total. The molecule has 0 heterocycles. The third-order valence-electron chi connectivity index (χ3n) is 8.89. The molecule has 0 radical (unpaired) electrons. The molecule has 0 aliphatic heterocycles. The van der Waals surface area contributed by atoms with Crippen LogP contribution in [0.5, 0.6) is 0 Å². The predicted molar refractivity (Wildman–Crippen MR) is 177 cm³/mol. The SMILES string of the molecule is CCCCCCCCCCCCCCCCCCCCCCCCCCCCCCCCCCCC(C)C. The van der Waals surface area contributed by atoms with E-state index in [-0.39, 0.29) is 0 Å². The van der Waals surface area contributed by atoms with E-state index in [1.54, 1.807) is 0 Å².